The molecule has 0 radical (unpaired) electrons. The Kier molecular flexibility index (Phi) is 4.78. The van der Waals surface area contributed by atoms with Crippen molar-refractivity contribution < 1.29 is 0 Å². The highest BCUT2D eigenvalue weighted by atomic mass is 32.1. The molecule has 0 unspecified atom stereocenters. The molecular weight excluding hydrogens is 364 g/mol. The molecule has 3 heterocycles. The molecule has 2 N–H and O–H groups in total. The zero-order valence-corrected chi connectivity index (χ0v) is 15.8. The van der Waals surface area contributed by atoms with Crippen molar-refractivity contribution in [1.29, 1.82) is 5.41 Å². The second kappa shape index (κ2) is 7.35. The van der Waals surface area contributed by atoms with E-state index in [4.69, 9.17) is 5.41 Å². The van der Waals surface area contributed by atoms with Crippen molar-refractivity contribution in [2.45, 2.75) is 6.04 Å². The molecule has 0 aliphatic carbocycles. The fraction of sp³-hybridized carbons (Fsp3) is 0.0500. The lowest BCUT2D eigenvalue weighted by molar-refractivity contribution is 0.992. The van der Waals surface area contributed by atoms with Gasteiger partial charge in [-0.2, -0.15) is 0 Å². The van der Waals surface area contributed by atoms with Crippen LogP contribution in [0.3, 0.4) is 0 Å². The third kappa shape index (κ3) is 3.44. The molecule has 0 aliphatic rings. The Morgan fingerprint density at radius 3 is 2.00 bits per heavy atom. The monoisotopic (exact) mass is 380 g/mol. The Morgan fingerprint density at radius 1 is 0.760 bits per heavy atom. The second-order valence-corrected chi connectivity index (χ2v) is 8.41. The van der Waals surface area contributed by atoms with Gasteiger partial charge in [-0.05, 0) is 40.4 Å². The Labute approximate surface area is 158 Å². The third-order valence-electron chi connectivity index (χ3n) is 3.92. The number of hydrogen-bond acceptors (Lipinski definition) is 5. The summed E-state index contributed by atoms with van der Waals surface area (Å²) in [5.74, 6) is 0. The van der Waals surface area contributed by atoms with Gasteiger partial charge in [0.1, 0.15) is 0 Å². The molecule has 0 amide bonds. The van der Waals surface area contributed by atoms with Crippen molar-refractivity contribution in [1.82, 2.24) is 0 Å². The van der Waals surface area contributed by atoms with Crippen LogP contribution >= 0.6 is 34.0 Å². The SMILES string of the molecule is N=C(c1cccs1)c1ccccc1NC(c1cccs1)c1cccs1. The van der Waals surface area contributed by atoms with Gasteiger partial charge >= 0.3 is 0 Å². The van der Waals surface area contributed by atoms with Crippen molar-refractivity contribution in [2.24, 2.45) is 0 Å². The number of para-hydroxylation sites is 1. The minimum Gasteiger partial charge on any atom is -0.372 e. The van der Waals surface area contributed by atoms with Gasteiger partial charge in [0.2, 0.25) is 0 Å². The number of nitrogens with one attached hydrogen (secondary N) is 2. The lowest BCUT2D eigenvalue weighted by Crippen LogP contribution is -2.13. The van der Waals surface area contributed by atoms with Gasteiger partial charge in [0.15, 0.2) is 0 Å². The smallest absolute Gasteiger partial charge is 0.0953 e. The van der Waals surface area contributed by atoms with Crippen molar-refractivity contribution in [2.75, 3.05) is 5.32 Å². The lowest BCUT2D eigenvalue weighted by atomic mass is 10.1. The van der Waals surface area contributed by atoms with Crippen molar-refractivity contribution >= 4 is 45.4 Å². The first-order valence-corrected chi connectivity index (χ1v) is 10.5. The molecule has 4 rings (SSSR count). The van der Waals surface area contributed by atoms with Gasteiger partial charge in [0.05, 0.1) is 16.6 Å². The zero-order valence-electron chi connectivity index (χ0n) is 13.3. The predicted octanol–water partition coefficient (Wildman–Crippen LogP) is 6.49. The summed E-state index contributed by atoms with van der Waals surface area (Å²) in [5, 5.41) is 18.5. The summed E-state index contributed by atoms with van der Waals surface area (Å²) in [6.45, 7) is 0. The van der Waals surface area contributed by atoms with E-state index in [1.54, 1.807) is 34.0 Å². The summed E-state index contributed by atoms with van der Waals surface area (Å²) in [7, 11) is 0. The molecule has 0 aliphatic heterocycles. The van der Waals surface area contributed by atoms with Crippen LogP contribution < -0.4 is 5.32 Å². The van der Waals surface area contributed by atoms with Crippen LogP contribution in [0.4, 0.5) is 5.69 Å². The van der Waals surface area contributed by atoms with Gasteiger partial charge in [-0.3, -0.25) is 5.41 Å². The lowest BCUT2D eigenvalue weighted by Gasteiger charge is -2.20. The molecular formula is C20H16N2S3. The van der Waals surface area contributed by atoms with Gasteiger partial charge in [-0.1, -0.05) is 36.4 Å². The molecule has 0 bridgehead atoms. The van der Waals surface area contributed by atoms with Gasteiger partial charge in [0, 0.05) is 21.0 Å². The van der Waals surface area contributed by atoms with E-state index in [9.17, 15) is 0 Å². The number of rotatable bonds is 6. The maximum atomic E-state index is 8.60. The maximum Gasteiger partial charge on any atom is 0.0953 e. The number of benzene rings is 1. The second-order valence-electron chi connectivity index (χ2n) is 5.51. The summed E-state index contributed by atoms with van der Waals surface area (Å²) in [5.41, 5.74) is 2.49. The Morgan fingerprint density at radius 2 is 1.40 bits per heavy atom. The Balaban J connectivity index is 1.71. The fourth-order valence-corrected chi connectivity index (χ4v) is 5.08. The van der Waals surface area contributed by atoms with Gasteiger partial charge in [0.25, 0.3) is 0 Å². The summed E-state index contributed by atoms with van der Waals surface area (Å²) in [4.78, 5) is 3.54. The predicted molar refractivity (Wildman–Crippen MR) is 111 cm³/mol. The Hall–Kier alpha value is -2.21. The highest BCUT2D eigenvalue weighted by Gasteiger charge is 2.19. The molecule has 0 fully saturated rings. The van der Waals surface area contributed by atoms with E-state index in [-0.39, 0.29) is 6.04 Å². The zero-order chi connectivity index (χ0) is 17.1. The van der Waals surface area contributed by atoms with Crippen LogP contribution in [0.5, 0.6) is 0 Å². The summed E-state index contributed by atoms with van der Waals surface area (Å²) in [6, 6.07) is 20.7. The van der Waals surface area contributed by atoms with Crippen LogP contribution in [-0.4, -0.2) is 5.71 Å². The molecule has 25 heavy (non-hydrogen) atoms. The van der Waals surface area contributed by atoms with Crippen molar-refractivity contribution in [3.8, 4) is 0 Å². The summed E-state index contributed by atoms with van der Waals surface area (Å²) < 4.78 is 0. The molecule has 3 aromatic heterocycles. The van der Waals surface area contributed by atoms with Crippen LogP contribution in [-0.2, 0) is 0 Å². The number of thiophene rings is 3. The molecule has 0 saturated carbocycles. The minimum absolute atomic E-state index is 0.109. The highest BCUT2D eigenvalue weighted by molar-refractivity contribution is 7.12. The van der Waals surface area contributed by atoms with Crippen molar-refractivity contribution in [3.63, 3.8) is 0 Å². The summed E-state index contributed by atoms with van der Waals surface area (Å²) >= 11 is 5.11. The molecule has 4 aromatic rings. The van der Waals surface area contributed by atoms with Gasteiger partial charge in [-0.25, -0.2) is 0 Å². The quantitative estimate of drug-likeness (QED) is 0.369. The fourth-order valence-electron chi connectivity index (χ4n) is 2.73. The topological polar surface area (TPSA) is 35.9 Å². The van der Waals surface area contributed by atoms with Crippen LogP contribution in [0.15, 0.2) is 76.8 Å². The van der Waals surface area contributed by atoms with E-state index in [0.29, 0.717) is 5.71 Å². The first-order valence-electron chi connectivity index (χ1n) is 7.88. The molecule has 0 atom stereocenters. The van der Waals surface area contributed by atoms with Crippen LogP contribution in [0.1, 0.15) is 26.2 Å². The average Bonchev–Trinajstić information content (AvgIpc) is 3.43. The Bertz CT molecular complexity index is 905. The first kappa shape index (κ1) is 16.3. The minimum atomic E-state index is 0.109. The summed E-state index contributed by atoms with van der Waals surface area (Å²) in [6.07, 6.45) is 0. The standard InChI is InChI=1S/C20H16N2S3/c21-19(16-8-3-11-23-16)14-6-1-2-7-15(14)22-20(17-9-4-12-24-17)18-10-5-13-25-18/h1-13,20-22H. The average molecular weight is 381 g/mol. The largest absolute Gasteiger partial charge is 0.372 e. The first-order chi connectivity index (χ1) is 12.3. The van der Waals surface area contributed by atoms with Crippen molar-refractivity contribution in [3.05, 3.63) is 97.0 Å². The van der Waals surface area contributed by atoms with Gasteiger partial charge in [-0.15, -0.1) is 34.0 Å². The van der Waals surface area contributed by atoms with Crippen LogP contribution in [0.25, 0.3) is 0 Å². The molecule has 1 aromatic carbocycles. The number of hydrogen-bond donors (Lipinski definition) is 2. The highest BCUT2D eigenvalue weighted by Crippen LogP contribution is 2.34. The maximum absolute atomic E-state index is 8.60. The van der Waals surface area contributed by atoms with Crippen LogP contribution in [0, 0.1) is 5.41 Å². The van der Waals surface area contributed by atoms with E-state index >= 15 is 0 Å². The van der Waals surface area contributed by atoms with E-state index in [2.05, 4.69) is 46.4 Å². The third-order valence-corrected chi connectivity index (χ3v) is 6.68. The number of anilines is 1. The molecule has 5 heteroatoms. The molecule has 124 valence electrons. The van der Waals surface area contributed by atoms with Crippen LogP contribution in [0.2, 0.25) is 0 Å². The van der Waals surface area contributed by atoms with E-state index in [1.165, 1.54) is 9.75 Å². The molecule has 0 saturated heterocycles. The normalized spacial score (nSPS) is 10.9. The van der Waals surface area contributed by atoms with E-state index in [1.807, 2.05) is 35.7 Å². The van der Waals surface area contributed by atoms with E-state index < -0.39 is 0 Å². The molecule has 2 nitrogen and oxygen atoms in total. The molecule has 0 spiro atoms. The van der Waals surface area contributed by atoms with Gasteiger partial charge < -0.3 is 5.32 Å². The van der Waals surface area contributed by atoms with E-state index in [0.717, 1.165) is 16.1 Å².